The van der Waals surface area contributed by atoms with Gasteiger partial charge in [-0.2, -0.15) is 35.1 Å². The zero-order chi connectivity index (χ0) is 32.3. The zero-order valence-corrected chi connectivity index (χ0v) is 22.9. The van der Waals surface area contributed by atoms with Crippen LogP contribution in [0.15, 0.2) is 0 Å². The van der Waals surface area contributed by atoms with Crippen molar-refractivity contribution in [2.24, 2.45) is 5.73 Å². The number of terminal acetylenes is 2. The van der Waals surface area contributed by atoms with Crippen molar-refractivity contribution in [1.82, 2.24) is 0 Å². The molecule has 1 atom stereocenters. The normalized spacial score (nSPS) is 16.3. The molecule has 6 nitrogen and oxygen atoms in total. The standard InChI is InChI=1S/C24H33F10NO5/c1-10-12-36-14-20(25,26)17(5,6)40-23(31,32)19(9,35)16(3,4)39-24(33,34)22(29,30)18(7,8)38-21(27,28)15-37-13-11-2/h1-2H,12-15,35H2,3-9H3. The molecule has 2 N–H and O–H groups in total. The molecule has 0 fully saturated rings. The molecule has 234 valence electrons. The van der Waals surface area contributed by atoms with Crippen LogP contribution in [-0.4, -0.2) is 78.9 Å². The highest BCUT2D eigenvalue weighted by atomic mass is 19.3. The first-order valence-corrected chi connectivity index (χ1v) is 11.3. The minimum Gasteiger partial charge on any atom is -0.362 e. The Morgan fingerprint density at radius 1 is 0.575 bits per heavy atom. The Hall–Kier alpha value is -1.82. The molecule has 0 heterocycles. The molecule has 0 saturated heterocycles. The Morgan fingerprint density at radius 3 is 1.40 bits per heavy atom. The van der Waals surface area contributed by atoms with Crippen LogP contribution in [0, 0.1) is 24.7 Å². The quantitative estimate of drug-likeness (QED) is 0.135. The lowest BCUT2D eigenvalue weighted by atomic mass is 9.82. The number of hydrogen-bond acceptors (Lipinski definition) is 6. The molecule has 0 aliphatic carbocycles. The van der Waals surface area contributed by atoms with Crippen LogP contribution in [0.4, 0.5) is 43.9 Å². The molecule has 0 bridgehead atoms. The molecule has 0 aromatic carbocycles. The second-order valence-electron chi connectivity index (χ2n) is 10.4. The van der Waals surface area contributed by atoms with Gasteiger partial charge in [-0.3, -0.25) is 0 Å². The van der Waals surface area contributed by atoms with Gasteiger partial charge >= 0.3 is 24.2 Å². The summed E-state index contributed by atoms with van der Waals surface area (Å²) in [6.45, 7) is -2.04. The number of ether oxygens (including phenoxy) is 5. The van der Waals surface area contributed by atoms with Gasteiger partial charge in [0, 0.05) is 0 Å². The van der Waals surface area contributed by atoms with E-state index >= 15 is 8.78 Å². The number of nitrogens with two attached hydrogens (primary N) is 1. The summed E-state index contributed by atoms with van der Waals surface area (Å²) in [5.41, 5.74) is -8.05. The van der Waals surface area contributed by atoms with E-state index in [1.165, 1.54) is 0 Å². The number of halogens is 10. The predicted octanol–water partition coefficient (Wildman–Crippen LogP) is 5.44. The van der Waals surface area contributed by atoms with E-state index in [-0.39, 0.29) is 13.8 Å². The van der Waals surface area contributed by atoms with Crippen molar-refractivity contribution in [3.05, 3.63) is 0 Å². The summed E-state index contributed by atoms with van der Waals surface area (Å²) in [7, 11) is 0. The van der Waals surface area contributed by atoms with Gasteiger partial charge in [-0.05, 0) is 48.5 Å². The number of alkyl halides is 10. The second-order valence-corrected chi connectivity index (χ2v) is 10.4. The van der Waals surface area contributed by atoms with Gasteiger partial charge in [-0.25, -0.2) is 8.78 Å². The summed E-state index contributed by atoms with van der Waals surface area (Å²) in [6, 6.07) is 0. The molecule has 0 aromatic rings. The van der Waals surface area contributed by atoms with E-state index in [9.17, 15) is 35.1 Å². The molecule has 0 aliphatic rings. The van der Waals surface area contributed by atoms with E-state index in [1.54, 1.807) is 5.92 Å². The Bertz CT molecular complexity index is 937. The summed E-state index contributed by atoms with van der Waals surface area (Å²) in [5, 5.41) is 0. The van der Waals surface area contributed by atoms with Crippen molar-refractivity contribution in [3.63, 3.8) is 0 Å². The van der Waals surface area contributed by atoms with Gasteiger partial charge < -0.3 is 29.4 Å². The highest BCUT2D eigenvalue weighted by molar-refractivity contribution is 5.06. The lowest BCUT2D eigenvalue weighted by Crippen LogP contribution is -2.72. The van der Waals surface area contributed by atoms with Crippen LogP contribution in [0.1, 0.15) is 48.5 Å². The average molecular weight is 606 g/mol. The fraction of sp³-hybridized carbons (Fsp3) is 0.833. The van der Waals surface area contributed by atoms with E-state index in [0.717, 1.165) is 0 Å². The topological polar surface area (TPSA) is 72.2 Å². The molecular formula is C24H33F10NO5. The van der Waals surface area contributed by atoms with E-state index < -0.39 is 78.9 Å². The molecule has 0 aromatic heterocycles. The Morgan fingerprint density at radius 2 is 0.975 bits per heavy atom. The van der Waals surface area contributed by atoms with Crippen molar-refractivity contribution in [2.75, 3.05) is 26.4 Å². The van der Waals surface area contributed by atoms with Gasteiger partial charge in [-0.1, -0.05) is 11.8 Å². The SMILES string of the molecule is C#CCOCC(F)(F)OC(C)(C)C(F)(F)C(F)(F)OC(C)(C)C(C)(N)C(F)(F)OC(C)(C)C(F)(F)COCC#C. The minimum absolute atomic E-state index is 0.151. The van der Waals surface area contributed by atoms with Gasteiger partial charge in [0.05, 0.1) is 5.60 Å². The van der Waals surface area contributed by atoms with Crippen LogP contribution in [0.2, 0.25) is 0 Å². The molecular weight excluding hydrogens is 572 g/mol. The van der Waals surface area contributed by atoms with Crippen LogP contribution in [-0.2, 0) is 23.7 Å². The molecule has 0 amide bonds. The maximum absolute atomic E-state index is 15.2. The maximum Gasteiger partial charge on any atom is 0.422 e. The summed E-state index contributed by atoms with van der Waals surface area (Å²) < 4.78 is 168. The first-order valence-electron chi connectivity index (χ1n) is 11.3. The largest absolute Gasteiger partial charge is 0.422 e. The molecule has 16 heteroatoms. The molecule has 0 radical (unpaired) electrons. The first-order chi connectivity index (χ1) is 17.5. The first kappa shape index (κ1) is 38.2. The molecule has 0 aliphatic heterocycles. The number of hydrogen-bond donors (Lipinski definition) is 1. The third kappa shape index (κ3) is 8.36. The third-order valence-corrected chi connectivity index (χ3v) is 5.95. The summed E-state index contributed by atoms with van der Waals surface area (Å²) in [4.78, 5) is 0. The lowest BCUT2D eigenvalue weighted by Gasteiger charge is -2.50. The smallest absolute Gasteiger partial charge is 0.362 e. The fourth-order valence-corrected chi connectivity index (χ4v) is 2.80. The Balaban J connectivity index is 6.11. The molecule has 0 rings (SSSR count). The molecule has 0 saturated carbocycles. The summed E-state index contributed by atoms with van der Waals surface area (Å²) >= 11 is 0. The Kier molecular flexibility index (Phi) is 11.6. The van der Waals surface area contributed by atoms with Crippen LogP contribution in [0.25, 0.3) is 0 Å². The van der Waals surface area contributed by atoms with E-state index in [0.29, 0.717) is 34.6 Å². The minimum atomic E-state index is -5.81. The van der Waals surface area contributed by atoms with E-state index in [2.05, 4.69) is 23.7 Å². The van der Waals surface area contributed by atoms with Crippen molar-refractivity contribution < 1.29 is 67.6 Å². The second kappa shape index (κ2) is 12.2. The van der Waals surface area contributed by atoms with Gasteiger partial charge in [0.25, 0.3) is 5.92 Å². The average Bonchev–Trinajstić information content (AvgIpc) is 2.71. The van der Waals surface area contributed by atoms with Crippen molar-refractivity contribution in [2.45, 2.75) is 101 Å². The highest BCUT2D eigenvalue weighted by Gasteiger charge is 2.73. The monoisotopic (exact) mass is 605 g/mol. The van der Waals surface area contributed by atoms with Gasteiger partial charge in [-0.15, -0.1) is 12.8 Å². The van der Waals surface area contributed by atoms with Gasteiger partial charge in [0.1, 0.15) is 43.2 Å². The number of rotatable bonds is 17. The Labute approximate surface area is 226 Å². The van der Waals surface area contributed by atoms with Crippen LogP contribution in [0.3, 0.4) is 0 Å². The van der Waals surface area contributed by atoms with E-state index in [4.69, 9.17) is 18.6 Å². The van der Waals surface area contributed by atoms with Crippen molar-refractivity contribution in [3.8, 4) is 24.7 Å². The van der Waals surface area contributed by atoms with Gasteiger partial charge in [0.15, 0.2) is 0 Å². The van der Waals surface area contributed by atoms with E-state index in [1.807, 2.05) is 5.92 Å². The summed E-state index contributed by atoms with van der Waals surface area (Å²) in [6.07, 6.45) is -5.67. The van der Waals surface area contributed by atoms with Crippen LogP contribution in [0.5, 0.6) is 0 Å². The van der Waals surface area contributed by atoms with Crippen LogP contribution >= 0.6 is 0 Å². The predicted molar refractivity (Wildman–Crippen MR) is 122 cm³/mol. The molecule has 0 spiro atoms. The third-order valence-electron chi connectivity index (χ3n) is 5.95. The fourth-order valence-electron chi connectivity index (χ4n) is 2.80. The highest BCUT2D eigenvalue weighted by Crippen LogP contribution is 2.51. The molecule has 1 unspecified atom stereocenters. The van der Waals surface area contributed by atoms with Crippen molar-refractivity contribution in [1.29, 1.82) is 0 Å². The lowest BCUT2D eigenvalue weighted by molar-refractivity contribution is -0.449. The van der Waals surface area contributed by atoms with Gasteiger partial charge in [0.2, 0.25) is 0 Å². The van der Waals surface area contributed by atoms with Crippen LogP contribution < -0.4 is 5.73 Å². The van der Waals surface area contributed by atoms with Crippen molar-refractivity contribution >= 4 is 0 Å². The maximum atomic E-state index is 15.2. The zero-order valence-electron chi connectivity index (χ0n) is 22.9. The summed E-state index contributed by atoms with van der Waals surface area (Å²) in [5.74, 6) is -6.11. The molecule has 40 heavy (non-hydrogen) atoms.